The van der Waals surface area contributed by atoms with Gasteiger partial charge in [0.05, 0.1) is 38.8 Å². The van der Waals surface area contributed by atoms with Crippen LogP contribution in [0.4, 0.5) is 5.69 Å². The zero-order valence-corrected chi connectivity index (χ0v) is 16.0. The number of hydrogen-bond acceptors (Lipinski definition) is 5. The highest BCUT2D eigenvalue weighted by Crippen LogP contribution is 2.57. The number of carbonyl (C=O) groups excluding carboxylic acids is 1. The first-order chi connectivity index (χ1) is 13.7. The molecule has 3 aliphatic heterocycles. The molecule has 2 aliphatic carbocycles. The van der Waals surface area contributed by atoms with Crippen LogP contribution in [0.5, 0.6) is 0 Å². The third-order valence-electron chi connectivity index (χ3n) is 7.27. The molecule has 6 nitrogen and oxygen atoms in total. The summed E-state index contributed by atoms with van der Waals surface area (Å²) < 4.78 is 18.2. The minimum atomic E-state index is -1.28. The number of fused-ring (bicyclic) bond motifs is 5. The van der Waals surface area contributed by atoms with Crippen molar-refractivity contribution in [1.82, 2.24) is 4.90 Å². The van der Waals surface area contributed by atoms with Crippen molar-refractivity contribution in [2.75, 3.05) is 51.1 Å². The summed E-state index contributed by atoms with van der Waals surface area (Å²) in [6.45, 7) is 4.80. The molecule has 1 aromatic carbocycles. The summed E-state index contributed by atoms with van der Waals surface area (Å²) in [5.41, 5.74) is 1.79. The number of ether oxygens (including phenoxy) is 3. The normalized spacial score (nSPS) is 39.4. The van der Waals surface area contributed by atoms with Crippen molar-refractivity contribution in [1.29, 1.82) is 0 Å². The molecule has 2 saturated heterocycles. The molecule has 1 saturated carbocycles. The van der Waals surface area contributed by atoms with Crippen LogP contribution in [0.15, 0.2) is 36.4 Å². The van der Waals surface area contributed by atoms with E-state index in [0.717, 1.165) is 30.8 Å². The lowest BCUT2D eigenvalue weighted by Crippen LogP contribution is -2.55. The Morgan fingerprint density at radius 1 is 1.07 bits per heavy atom. The fourth-order valence-electron chi connectivity index (χ4n) is 5.71. The number of allylic oxidation sites excluding steroid dienone is 2. The zero-order chi connectivity index (χ0) is 18.8. The molecule has 2 spiro atoms. The highest BCUT2D eigenvalue weighted by Gasteiger charge is 2.61. The maximum absolute atomic E-state index is 13.6. The molecular formula is C22H26N2O4. The van der Waals surface area contributed by atoms with Gasteiger partial charge in [-0.2, -0.15) is 0 Å². The van der Waals surface area contributed by atoms with Crippen molar-refractivity contribution in [2.45, 2.75) is 18.6 Å². The highest BCUT2D eigenvalue weighted by atomic mass is 16.7. The number of para-hydroxylation sites is 1. The topological polar surface area (TPSA) is 51.2 Å². The second-order valence-electron chi connectivity index (χ2n) is 8.87. The highest BCUT2D eigenvalue weighted by molar-refractivity contribution is 6.06. The van der Waals surface area contributed by atoms with Crippen molar-refractivity contribution in [3.8, 4) is 0 Å². The van der Waals surface area contributed by atoms with Gasteiger partial charge >= 0.3 is 0 Å². The minimum Gasteiger partial charge on any atom is -0.379 e. The number of hydrogen-bond donors (Lipinski definition) is 0. The molecule has 6 rings (SSSR count). The van der Waals surface area contributed by atoms with Crippen LogP contribution in [0.25, 0.3) is 0 Å². The van der Waals surface area contributed by atoms with Crippen molar-refractivity contribution in [3.63, 3.8) is 0 Å². The Balaban J connectivity index is 1.29. The summed E-state index contributed by atoms with van der Waals surface area (Å²) in [4.78, 5) is 17.7. The Morgan fingerprint density at radius 2 is 1.86 bits per heavy atom. The van der Waals surface area contributed by atoms with Crippen LogP contribution in [0.2, 0.25) is 0 Å². The van der Waals surface area contributed by atoms with Gasteiger partial charge in [-0.05, 0) is 30.7 Å². The Bertz CT molecular complexity index is 824. The first-order valence-corrected chi connectivity index (χ1v) is 10.4. The van der Waals surface area contributed by atoms with E-state index in [1.165, 1.54) is 6.42 Å². The number of nitrogens with zero attached hydrogens (tertiary/aromatic N) is 2. The van der Waals surface area contributed by atoms with E-state index < -0.39 is 5.79 Å². The van der Waals surface area contributed by atoms with E-state index >= 15 is 0 Å². The average Bonchev–Trinajstić information content (AvgIpc) is 3.40. The fraction of sp³-hybridized carbons (Fsp3) is 0.591. The Hall–Kier alpha value is -1.73. The van der Waals surface area contributed by atoms with E-state index in [4.69, 9.17) is 14.2 Å². The van der Waals surface area contributed by atoms with Gasteiger partial charge in [0.2, 0.25) is 0 Å². The molecule has 0 N–H and O–H groups in total. The molecule has 3 heterocycles. The average molecular weight is 382 g/mol. The minimum absolute atomic E-state index is 0.0392. The van der Waals surface area contributed by atoms with E-state index in [0.29, 0.717) is 44.9 Å². The number of rotatable bonds is 2. The first-order valence-electron chi connectivity index (χ1n) is 10.4. The molecule has 5 aliphatic rings. The number of benzene rings is 1. The van der Waals surface area contributed by atoms with Gasteiger partial charge in [0.1, 0.15) is 0 Å². The first kappa shape index (κ1) is 17.2. The van der Waals surface area contributed by atoms with Crippen LogP contribution in [0, 0.1) is 17.3 Å². The summed E-state index contributed by atoms with van der Waals surface area (Å²) >= 11 is 0. The van der Waals surface area contributed by atoms with Crippen molar-refractivity contribution in [3.05, 3.63) is 42.0 Å². The molecule has 2 atom stereocenters. The summed E-state index contributed by atoms with van der Waals surface area (Å²) in [6, 6.07) is 7.91. The van der Waals surface area contributed by atoms with E-state index in [-0.39, 0.29) is 11.3 Å². The van der Waals surface area contributed by atoms with Gasteiger partial charge in [-0.1, -0.05) is 30.4 Å². The Morgan fingerprint density at radius 3 is 2.57 bits per heavy atom. The molecule has 3 fully saturated rings. The fourth-order valence-corrected chi connectivity index (χ4v) is 5.71. The van der Waals surface area contributed by atoms with E-state index in [1.807, 2.05) is 29.2 Å². The lowest BCUT2D eigenvalue weighted by molar-refractivity contribution is -0.295. The largest absolute Gasteiger partial charge is 0.379 e. The molecule has 0 unspecified atom stereocenters. The zero-order valence-electron chi connectivity index (χ0n) is 16.0. The summed E-state index contributed by atoms with van der Waals surface area (Å²) in [5, 5.41) is 0. The monoisotopic (exact) mass is 382 g/mol. The van der Waals surface area contributed by atoms with Crippen LogP contribution in [0.3, 0.4) is 0 Å². The Labute approximate surface area is 165 Å². The maximum Gasteiger partial charge on any atom is 0.293 e. The van der Waals surface area contributed by atoms with E-state index in [1.54, 1.807) is 0 Å². The molecule has 6 heteroatoms. The molecule has 1 amide bonds. The molecule has 148 valence electrons. The van der Waals surface area contributed by atoms with Crippen molar-refractivity contribution < 1.29 is 19.0 Å². The lowest BCUT2D eigenvalue weighted by atomic mass is 9.76. The Kier molecular flexibility index (Phi) is 3.76. The summed E-state index contributed by atoms with van der Waals surface area (Å²) in [5.74, 6) is -0.199. The molecule has 1 aromatic rings. The van der Waals surface area contributed by atoms with Gasteiger partial charge in [0.15, 0.2) is 0 Å². The maximum atomic E-state index is 13.6. The van der Waals surface area contributed by atoms with Gasteiger partial charge in [0.25, 0.3) is 11.7 Å². The third-order valence-corrected chi connectivity index (χ3v) is 7.27. The molecule has 0 radical (unpaired) electrons. The number of amides is 1. The molecular weight excluding hydrogens is 356 g/mol. The summed E-state index contributed by atoms with van der Waals surface area (Å²) in [6.07, 6.45) is 6.97. The number of morpholine rings is 1. The van der Waals surface area contributed by atoms with Crippen molar-refractivity contribution >= 4 is 11.6 Å². The molecule has 2 bridgehead atoms. The predicted octanol–water partition coefficient (Wildman–Crippen LogP) is 2.10. The SMILES string of the molecule is O=C1N(CN2CCOCC2)c2ccccc2C12OCC1(CO2)C[C@@H]2C=C[C@H]1C2. The predicted molar refractivity (Wildman–Crippen MR) is 103 cm³/mol. The van der Waals surface area contributed by atoms with E-state index in [9.17, 15) is 4.79 Å². The molecule has 0 aromatic heterocycles. The third kappa shape index (κ3) is 2.32. The second kappa shape index (κ2) is 6.13. The van der Waals surface area contributed by atoms with Crippen LogP contribution in [0.1, 0.15) is 18.4 Å². The van der Waals surface area contributed by atoms with Gasteiger partial charge < -0.3 is 14.2 Å². The van der Waals surface area contributed by atoms with Crippen molar-refractivity contribution in [2.24, 2.45) is 17.3 Å². The second-order valence-corrected chi connectivity index (χ2v) is 8.87. The number of anilines is 1. The number of carbonyl (C=O) groups is 1. The smallest absolute Gasteiger partial charge is 0.293 e. The molecule has 28 heavy (non-hydrogen) atoms. The standard InChI is InChI=1S/C22H26N2O4/c25-20-22(27-13-21(14-28-22)12-16-5-6-17(21)11-16)18-3-1-2-4-19(18)24(20)15-23-7-9-26-10-8-23/h1-6,16-17H,7-15H2/t16-,17+,21?,22?/m1/s1. The van der Waals surface area contributed by atoms with Crippen LogP contribution in [-0.4, -0.2) is 57.0 Å². The van der Waals surface area contributed by atoms with Gasteiger partial charge in [-0.25, -0.2) is 0 Å². The van der Waals surface area contributed by atoms with Crippen LogP contribution in [-0.2, 0) is 24.8 Å². The van der Waals surface area contributed by atoms with Crippen LogP contribution < -0.4 is 4.90 Å². The van der Waals surface area contributed by atoms with E-state index in [2.05, 4.69) is 17.1 Å². The lowest BCUT2D eigenvalue weighted by Gasteiger charge is -2.45. The van der Waals surface area contributed by atoms with Crippen LogP contribution >= 0.6 is 0 Å². The van der Waals surface area contributed by atoms with Gasteiger partial charge in [-0.3, -0.25) is 14.6 Å². The van der Waals surface area contributed by atoms with Gasteiger partial charge in [-0.15, -0.1) is 0 Å². The quantitative estimate of drug-likeness (QED) is 0.734. The van der Waals surface area contributed by atoms with Gasteiger partial charge in [0, 0.05) is 24.1 Å². The summed E-state index contributed by atoms with van der Waals surface area (Å²) in [7, 11) is 0.